The van der Waals surface area contributed by atoms with Crippen LogP contribution in [0.3, 0.4) is 0 Å². The smallest absolute Gasteiger partial charge is 0.410 e. The van der Waals surface area contributed by atoms with Crippen LogP contribution >= 0.6 is 15.9 Å². The van der Waals surface area contributed by atoms with Crippen LogP contribution in [0.2, 0.25) is 0 Å². The maximum atomic E-state index is 12.2. The lowest BCUT2D eigenvalue weighted by molar-refractivity contribution is 0.000551. The summed E-state index contributed by atoms with van der Waals surface area (Å²) in [6.45, 7) is 11.0. The van der Waals surface area contributed by atoms with Gasteiger partial charge in [-0.25, -0.2) is 9.78 Å². The molecular weight excluding hydrogens is 346 g/mol. The molecule has 0 spiro atoms. The molecule has 5 nitrogen and oxygen atoms in total. The van der Waals surface area contributed by atoms with Crippen LogP contribution in [0.15, 0.2) is 22.9 Å². The van der Waals surface area contributed by atoms with Crippen molar-refractivity contribution in [3.8, 4) is 0 Å². The predicted octanol–water partition coefficient (Wildman–Crippen LogP) is 3.29. The predicted molar refractivity (Wildman–Crippen MR) is 89.6 cm³/mol. The monoisotopic (exact) mass is 369 g/mol. The van der Waals surface area contributed by atoms with Crippen molar-refractivity contribution < 1.29 is 9.53 Å². The van der Waals surface area contributed by atoms with Crippen LogP contribution in [0.1, 0.15) is 33.3 Å². The maximum Gasteiger partial charge on any atom is 0.410 e. The van der Waals surface area contributed by atoms with Gasteiger partial charge >= 0.3 is 6.09 Å². The Labute approximate surface area is 140 Å². The van der Waals surface area contributed by atoms with Gasteiger partial charge < -0.3 is 9.64 Å². The minimum absolute atomic E-state index is 0.145. The van der Waals surface area contributed by atoms with Crippen molar-refractivity contribution in [1.29, 1.82) is 0 Å². The van der Waals surface area contributed by atoms with Gasteiger partial charge in [-0.1, -0.05) is 6.07 Å². The molecule has 6 heteroatoms. The zero-order valence-electron chi connectivity index (χ0n) is 13.7. The first-order valence-corrected chi connectivity index (χ1v) is 8.36. The van der Waals surface area contributed by atoms with Crippen LogP contribution in [-0.4, -0.2) is 52.2 Å². The third-order valence-corrected chi connectivity index (χ3v) is 4.00. The van der Waals surface area contributed by atoms with Crippen molar-refractivity contribution in [2.45, 2.75) is 45.9 Å². The van der Waals surface area contributed by atoms with Crippen LogP contribution in [0.25, 0.3) is 0 Å². The fraction of sp³-hybridized carbons (Fsp3) is 0.625. The number of carbonyl (C=O) groups is 1. The maximum absolute atomic E-state index is 12.2. The summed E-state index contributed by atoms with van der Waals surface area (Å²) in [4.78, 5) is 20.6. The Morgan fingerprint density at radius 2 is 2.14 bits per heavy atom. The summed E-state index contributed by atoms with van der Waals surface area (Å²) in [5.41, 5.74) is 0.734. The van der Waals surface area contributed by atoms with Crippen LogP contribution in [0.5, 0.6) is 0 Å². The van der Waals surface area contributed by atoms with Gasteiger partial charge in [-0.3, -0.25) is 4.90 Å². The normalized spacial score (nSPS) is 20.0. The number of hydrogen-bond donors (Lipinski definition) is 0. The lowest BCUT2D eigenvalue weighted by Gasteiger charge is -2.40. The highest BCUT2D eigenvalue weighted by Crippen LogP contribution is 2.17. The second-order valence-corrected chi connectivity index (χ2v) is 7.56. The summed E-state index contributed by atoms with van der Waals surface area (Å²) in [5.74, 6) is 0. The Kier molecular flexibility index (Phi) is 5.45. The van der Waals surface area contributed by atoms with Gasteiger partial charge in [-0.15, -0.1) is 0 Å². The van der Waals surface area contributed by atoms with E-state index in [1.807, 2.05) is 37.9 Å². The largest absolute Gasteiger partial charge is 0.444 e. The molecule has 0 bridgehead atoms. The Morgan fingerprint density at radius 1 is 1.41 bits per heavy atom. The van der Waals surface area contributed by atoms with Gasteiger partial charge in [0.05, 0.1) is 0 Å². The van der Waals surface area contributed by atoms with E-state index in [0.717, 1.165) is 24.2 Å². The lowest BCUT2D eigenvalue weighted by Crippen LogP contribution is -2.54. The Hall–Kier alpha value is -1.14. The van der Waals surface area contributed by atoms with E-state index in [0.29, 0.717) is 6.54 Å². The number of piperazine rings is 1. The molecule has 122 valence electrons. The van der Waals surface area contributed by atoms with Crippen molar-refractivity contribution in [3.05, 3.63) is 28.5 Å². The number of carbonyl (C=O) groups excluding carboxylic acids is 1. The van der Waals surface area contributed by atoms with Crippen molar-refractivity contribution in [1.82, 2.24) is 14.8 Å². The first kappa shape index (κ1) is 17.2. The molecule has 1 aromatic heterocycles. The quantitative estimate of drug-likeness (QED) is 0.750. The number of ether oxygens (including phenoxy) is 1. The van der Waals surface area contributed by atoms with Gasteiger partial charge in [0.25, 0.3) is 0 Å². The topological polar surface area (TPSA) is 45.7 Å². The highest BCUT2D eigenvalue weighted by molar-refractivity contribution is 9.10. The van der Waals surface area contributed by atoms with Crippen LogP contribution in [0, 0.1) is 0 Å². The van der Waals surface area contributed by atoms with Gasteiger partial charge in [-0.05, 0) is 55.3 Å². The van der Waals surface area contributed by atoms with Crippen molar-refractivity contribution in [2.75, 3.05) is 19.6 Å². The van der Waals surface area contributed by atoms with Crippen molar-refractivity contribution in [2.24, 2.45) is 0 Å². The van der Waals surface area contributed by atoms with E-state index in [-0.39, 0.29) is 12.1 Å². The van der Waals surface area contributed by atoms with E-state index in [1.54, 1.807) is 0 Å². The number of halogens is 1. The summed E-state index contributed by atoms with van der Waals surface area (Å²) in [6.07, 6.45) is 1.67. The number of aromatic nitrogens is 1. The molecule has 1 aliphatic rings. The van der Waals surface area contributed by atoms with Gasteiger partial charge in [-0.2, -0.15) is 0 Å². The second kappa shape index (κ2) is 6.96. The van der Waals surface area contributed by atoms with E-state index in [4.69, 9.17) is 4.74 Å². The average Bonchev–Trinajstić information content (AvgIpc) is 2.39. The zero-order chi connectivity index (χ0) is 16.3. The molecule has 0 radical (unpaired) electrons. The molecule has 1 atom stereocenters. The summed E-state index contributed by atoms with van der Waals surface area (Å²) in [6, 6.07) is 4.17. The fourth-order valence-electron chi connectivity index (χ4n) is 2.53. The van der Waals surface area contributed by atoms with E-state index in [1.165, 1.54) is 5.56 Å². The number of hydrogen-bond acceptors (Lipinski definition) is 4. The summed E-state index contributed by atoms with van der Waals surface area (Å²) in [7, 11) is 0. The van der Waals surface area contributed by atoms with E-state index in [2.05, 4.69) is 38.8 Å². The SMILES string of the molecule is C[C@H]1CN(Cc2ccc(Br)nc2)CCN1C(=O)OC(C)(C)C. The molecular formula is C16H24BrN3O2. The highest BCUT2D eigenvalue weighted by atomic mass is 79.9. The standard InChI is InChI=1S/C16H24BrN3O2/c1-12-10-19(11-13-5-6-14(17)18-9-13)7-8-20(12)15(21)22-16(2,3)4/h5-6,9,12H,7-8,10-11H2,1-4H3/t12-/m0/s1. The number of rotatable bonds is 2. The molecule has 0 N–H and O–H groups in total. The number of amides is 1. The minimum atomic E-state index is -0.447. The van der Waals surface area contributed by atoms with E-state index < -0.39 is 5.60 Å². The minimum Gasteiger partial charge on any atom is -0.444 e. The summed E-state index contributed by atoms with van der Waals surface area (Å²) < 4.78 is 6.31. The second-order valence-electron chi connectivity index (χ2n) is 6.75. The molecule has 0 aliphatic carbocycles. The molecule has 2 heterocycles. The van der Waals surface area contributed by atoms with Crippen LogP contribution in [-0.2, 0) is 11.3 Å². The molecule has 1 saturated heterocycles. The first-order valence-electron chi connectivity index (χ1n) is 7.57. The van der Waals surface area contributed by atoms with Gasteiger partial charge in [0.2, 0.25) is 0 Å². The van der Waals surface area contributed by atoms with Gasteiger partial charge in [0, 0.05) is 38.4 Å². The molecule has 2 rings (SSSR count). The Morgan fingerprint density at radius 3 is 2.68 bits per heavy atom. The molecule has 1 amide bonds. The Balaban J connectivity index is 1.89. The number of pyridine rings is 1. The molecule has 1 fully saturated rings. The van der Waals surface area contributed by atoms with E-state index in [9.17, 15) is 4.79 Å². The van der Waals surface area contributed by atoms with Crippen LogP contribution in [0.4, 0.5) is 4.79 Å². The molecule has 0 saturated carbocycles. The molecule has 1 aliphatic heterocycles. The summed E-state index contributed by atoms with van der Waals surface area (Å²) >= 11 is 3.35. The third-order valence-electron chi connectivity index (χ3n) is 3.53. The average molecular weight is 370 g/mol. The molecule has 0 aromatic carbocycles. The Bertz CT molecular complexity index is 513. The molecule has 1 aromatic rings. The van der Waals surface area contributed by atoms with Crippen LogP contribution < -0.4 is 0 Å². The van der Waals surface area contributed by atoms with Gasteiger partial charge in [0.1, 0.15) is 10.2 Å². The lowest BCUT2D eigenvalue weighted by atomic mass is 10.1. The fourth-order valence-corrected chi connectivity index (χ4v) is 2.76. The summed E-state index contributed by atoms with van der Waals surface area (Å²) in [5, 5.41) is 0. The van der Waals surface area contributed by atoms with Crippen molar-refractivity contribution in [3.63, 3.8) is 0 Å². The molecule has 0 unspecified atom stereocenters. The van der Waals surface area contributed by atoms with Gasteiger partial charge in [0.15, 0.2) is 0 Å². The first-order chi connectivity index (χ1) is 10.2. The molecule has 22 heavy (non-hydrogen) atoms. The van der Waals surface area contributed by atoms with Crippen molar-refractivity contribution >= 4 is 22.0 Å². The highest BCUT2D eigenvalue weighted by Gasteiger charge is 2.30. The number of nitrogens with zero attached hydrogens (tertiary/aromatic N) is 3. The zero-order valence-corrected chi connectivity index (χ0v) is 15.3. The third kappa shape index (κ3) is 4.95. The van der Waals surface area contributed by atoms with E-state index >= 15 is 0 Å².